The van der Waals surface area contributed by atoms with Crippen LogP contribution < -0.4 is 5.32 Å². The molecule has 0 aromatic heterocycles. The van der Waals surface area contributed by atoms with E-state index in [1.165, 1.54) is 6.07 Å². The third-order valence-corrected chi connectivity index (χ3v) is 2.50. The minimum atomic E-state index is -0.483. The van der Waals surface area contributed by atoms with Crippen LogP contribution in [0, 0.1) is 11.2 Å². The molecule has 0 bridgehead atoms. The van der Waals surface area contributed by atoms with Crippen molar-refractivity contribution in [1.29, 1.82) is 0 Å². The maximum atomic E-state index is 13.1. The zero-order chi connectivity index (χ0) is 11.6. The molecule has 4 heteroatoms. The van der Waals surface area contributed by atoms with Gasteiger partial charge in [-0.05, 0) is 34.1 Å². The molecule has 0 saturated carbocycles. The highest BCUT2D eigenvalue weighted by atomic mass is 79.9. The van der Waals surface area contributed by atoms with E-state index in [1.54, 1.807) is 32.9 Å². The van der Waals surface area contributed by atoms with Crippen LogP contribution in [0.25, 0.3) is 0 Å². The summed E-state index contributed by atoms with van der Waals surface area (Å²) in [5.74, 6) is -0.522. The number of anilines is 1. The summed E-state index contributed by atoms with van der Waals surface area (Å²) in [7, 11) is 0. The molecule has 15 heavy (non-hydrogen) atoms. The first-order valence-corrected chi connectivity index (χ1v) is 5.36. The van der Waals surface area contributed by atoms with Crippen molar-refractivity contribution in [1.82, 2.24) is 0 Å². The van der Waals surface area contributed by atoms with E-state index in [4.69, 9.17) is 0 Å². The van der Waals surface area contributed by atoms with Gasteiger partial charge in [-0.15, -0.1) is 0 Å². The van der Waals surface area contributed by atoms with E-state index in [0.717, 1.165) is 0 Å². The summed E-state index contributed by atoms with van der Waals surface area (Å²) in [6.07, 6.45) is 0. The summed E-state index contributed by atoms with van der Waals surface area (Å²) < 4.78 is 13.5. The highest BCUT2D eigenvalue weighted by molar-refractivity contribution is 9.10. The number of carbonyl (C=O) groups is 1. The fourth-order valence-electron chi connectivity index (χ4n) is 0.892. The second-order valence-electron chi connectivity index (χ2n) is 4.33. The molecule has 1 amide bonds. The Balaban J connectivity index is 2.83. The average molecular weight is 274 g/mol. The molecule has 0 heterocycles. The van der Waals surface area contributed by atoms with Crippen LogP contribution >= 0.6 is 15.9 Å². The fourth-order valence-corrected chi connectivity index (χ4v) is 1.14. The van der Waals surface area contributed by atoms with Crippen molar-refractivity contribution in [2.45, 2.75) is 20.8 Å². The van der Waals surface area contributed by atoms with Gasteiger partial charge >= 0.3 is 0 Å². The molecule has 0 spiro atoms. The SMILES string of the molecule is CC(C)(C)C(=O)Nc1ccc(Br)c(F)c1. The molecule has 1 aromatic rings. The summed E-state index contributed by atoms with van der Waals surface area (Å²) in [5.41, 5.74) is -0.0144. The molecule has 1 N–H and O–H groups in total. The number of halogens is 2. The maximum absolute atomic E-state index is 13.1. The van der Waals surface area contributed by atoms with E-state index in [1.807, 2.05) is 0 Å². The number of nitrogens with one attached hydrogen (secondary N) is 1. The van der Waals surface area contributed by atoms with Crippen molar-refractivity contribution >= 4 is 27.5 Å². The minimum absolute atomic E-state index is 0.135. The third-order valence-electron chi connectivity index (χ3n) is 1.86. The van der Waals surface area contributed by atoms with Crippen LogP contribution in [0.1, 0.15) is 20.8 Å². The molecule has 0 aliphatic carbocycles. The van der Waals surface area contributed by atoms with Gasteiger partial charge in [-0.3, -0.25) is 4.79 Å². The second kappa shape index (κ2) is 4.31. The van der Waals surface area contributed by atoms with Crippen LogP contribution in [0.5, 0.6) is 0 Å². The number of amides is 1. The summed E-state index contributed by atoms with van der Waals surface area (Å²) in [5, 5.41) is 2.65. The van der Waals surface area contributed by atoms with Gasteiger partial charge in [0.1, 0.15) is 5.82 Å². The van der Waals surface area contributed by atoms with Gasteiger partial charge in [0, 0.05) is 11.1 Å². The van der Waals surface area contributed by atoms with Crippen molar-refractivity contribution in [3.63, 3.8) is 0 Å². The highest BCUT2D eigenvalue weighted by Gasteiger charge is 2.21. The largest absolute Gasteiger partial charge is 0.326 e. The number of rotatable bonds is 1. The Hall–Kier alpha value is -0.900. The summed E-state index contributed by atoms with van der Waals surface area (Å²) in [4.78, 5) is 11.6. The Morgan fingerprint density at radius 2 is 2.00 bits per heavy atom. The lowest BCUT2D eigenvalue weighted by Gasteiger charge is -2.17. The topological polar surface area (TPSA) is 29.1 Å². The Morgan fingerprint density at radius 3 is 2.47 bits per heavy atom. The first kappa shape index (κ1) is 12.2. The monoisotopic (exact) mass is 273 g/mol. The van der Waals surface area contributed by atoms with Gasteiger partial charge in [0.05, 0.1) is 4.47 Å². The molecule has 82 valence electrons. The van der Waals surface area contributed by atoms with Crippen molar-refractivity contribution in [3.05, 3.63) is 28.5 Å². The normalized spacial score (nSPS) is 11.3. The quantitative estimate of drug-likeness (QED) is 0.833. The first-order chi connectivity index (χ1) is 6.80. The smallest absolute Gasteiger partial charge is 0.229 e. The standard InChI is InChI=1S/C11H13BrFNO/c1-11(2,3)10(15)14-7-4-5-8(12)9(13)6-7/h4-6H,1-3H3,(H,14,15). The maximum Gasteiger partial charge on any atom is 0.229 e. The lowest BCUT2D eigenvalue weighted by molar-refractivity contribution is -0.123. The minimum Gasteiger partial charge on any atom is -0.326 e. The number of benzene rings is 1. The molecule has 0 aliphatic rings. The molecule has 1 rings (SSSR count). The van der Waals surface area contributed by atoms with Crippen LogP contribution in [-0.2, 0) is 4.79 Å². The molecule has 0 saturated heterocycles. The molecular formula is C11H13BrFNO. The molecule has 0 fully saturated rings. The van der Waals surface area contributed by atoms with Crippen LogP contribution in [0.3, 0.4) is 0 Å². The predicted molar refractivity (Wildman–Crippen MR) is 62.2 cm³/mol. The molecule has 0 radical (unpaired) electrons. The molecule has 0 atom stereocenters. The van der Waals surface area contributed by atoms with Crippen LogP contribution in [-0.4, -0.2) is 5.91 Å². The van der Waals surface area contributed by atoms with Crippen molar-refractivity contribution in [2.24, 2.45) is 5.41 Å². The molecule has 0 aliphatic heterocycles. The summed E-state index contributed by atoms with van der Waals surface area (Å²) in [6.45, 7) is 5.41. The molecular weight excluding hydrogens is 261 g/mol. The molecule has 2 nitrogen and oxygen atoms in total. The molecule has 1 aromatic carbocycles. The van der Waals surface area contributed by atoms with Crippen LogP contribution in [0.4, 0.5) is 10.1 Å². The lowest BCUT2D eigenvalue weighted by atomic mass is 9.95. The van der Waals surface area contributed by atoms with Gasteiger partial charge in [0.25, 0.3) is 0 Å². The van der Waals surface area contributed by atoms with E-state index in [9.17, 15) is 9.18 Å². The van der Waals surface area contributed by atoms with Gasteiger partial charge in [0.2, 0.25) is 5.91 Å². The third kappa shape index (κ3) is 3.30. The van der Waals surface area contributed by atoms with E-state index >= 15 is 0 Å². The zero-order valence-electron chi connectivity index (χ0n) is 8.90. The Labute approximate surface area is 97.0 Å². The lowest BCUT2D eigenvalue weighted by Crippen LogP contribution is -2.27. The van der Waals surface area contributed by atoms with E-state index in [2.05, 4.69) is 21.2 Å². The van der Waals surface area contributed by atoms with Gasteiger partial charge in [0.15, 0.2) is 0 Å². The highest BCUT2D eigenvalue weighted by Crippen LogP contribution is 2.21. The van der Waals surface area contributed by atoms with Gasteiger partial charge in [-0.1, -0.05) is 20.8 Å². The summed E-state index contributed by atoms with van der Waals surface area (Å²) >= 11 is 3.05. The predicted octanol–water partition coefficient (Wildman–Crippen LogP) is 3.57. The Bertz CT molecular complexity index is 385. The van der Waals surface area contributed by atoms with Crippen LogP contribution in [0.2, 0.25) is 0 Å². The number of hydrogen-bond acceptors (Lipinski definition) is 1. The fraction of sp³-hybridized carbons (Fsp3) is 0.364. The van der Waals surface area contributed by atoms with Gasteiger partial charge in [-0.25, -0.2) is 4.39 Å². The number of carbonyl (C=O) groups excluding carboxylic acids is 1. The van der Waals surface area contributed by atoms with Crippen molar-refractivity contribution in [3.8, 4) is 0 Å². The number of hydrogen-bond donors (Lipinski definition) is 1. The van der Waals surface area contributed by atoms with E-state index in [0.29, 0.717) is 10.2 Å². The van der Waals surface area contributed by atoms with Crippen molar-refractivity contribution in [2.75, 3.05) is 5.32 Å². The van der Waals surface area contributed by atoms with Crippen molar-refractivity contribution < 1.29 is 9.18 Å². The Morgan fingerprint density at radius 1 is 1.40 bits per heavy atom. The van der Waals surface area contributed by atoms with Crippen LogP contribution in [0.15, 0.2) is 22.7 Å². The average Bonchev–Trinajstić information content (AvgIpc) is 2.10. The van der Waals surface area contributed by atoms with Gasteiger partial charge in [-0.2, -0.15) is 0 Å². The molecule has 0 unspecified atom stereocenters. The summed E-state index contributed by atoms with van der Waals surface area (Å²) in [6, 6.07) is 4.50. The zero-order valence-corrected chi connectivity index (χ0v) is 10.5. The van der Waals surface area contributed by atoms with E-state index in [-0.39, 0.29) is 11.7 Å². The first-order valence-electron chi connectivity index (χ1n) is 4.57. The van der Waals surface area contributed by atoms with Gasteiger partial charge < -0.3 is 5.32 Å². The second-order valence-corrected chi connectivity index (χ2v) is 5.19. The van der Waals surface area contributed by atoms with E-state index < -0.39 is 5.41 Å². The Kier molecular flexibility index (Phi) is 3.50.